The zero-order valence-corrected chi connectivity index (χ0v) is 18.3. The van der Waals surface area contributed by atoms with Gasteiger partial charge in [-0.2, -0.15) is 0 Å². The van der Waals surface area contributed by atoms with Crippen molar-refractivity contribution < 1.29 is 9.13 Å². The van der Waals surface area contributed by atoms with E-state index in [1.165, 1.54) is 25.0 Å². The number of rotatable bonds is 8. The van der Waals surface area contributed by atoms with Gasteiger partial charge in [-0.1, -0.05) is 30.3 Å². The van der Waals surface area contributed by atoms with Gasteiger partial charge in [0.2, 0.25) is 0 Å². The molecule has 0 unspecified atom stereocenters. The molecule has 1 aliphatic carbocycles. The van der Waals surface area contributed by atoms with E-state index in [1.807, 2.05) is 37.4 Å². The Morgan fingerprint density at radius 1 is 1.06 bits per heavy atom. The molecule has 0 atom stereocenters. The molecule has 1 saturated carbocycles. The van der Waals surface area contributed by atoms with Crippen LogP contribution in [0.25, 0.3) is 0 Å². The third-order valence-corrected chi connectivity index (χ3v) is 6.06. The number of halogens is 1. The number of para-hydroxylation sites is 1. The van der Waals surface area contributed by atoms with Crippen LogP contribution in [0.3, 0.4) is 0 Å². The zero-order valence-electron chi connectivity index (χ0n) is 18.3. The van der Waals surface area contributed by atoms with Crippen molar-refractivity contribution in [2.24, 2.45) is 10.9 Å². The first kappa shape index (κ1) is 21.6. The van der Waals surface area contributed by atoms with Crippen LogP contribution in [-0.4, -0.2) is 43.6 Å². The summed E-state index contributed by atoms with van der Waals surface area (Å²) in [4.78, 5) is 6.84. The Kier molecular flexibility index (Phi) is 7.41. The lowest BCUT2D eigenvalue weighted by atomic mass is 10.0. The van der Waals surface area contributed by atoms with E-state index in [2.05, 4.69) is 26.6 Å². The van der Waals surface area contributed by atoms with E-state index in [0.29, 0.717) is 12.6 Å². The predicted octanol–water partition coefficient (Wildman–Crippen LogP) is 3.94. The standard InChI is InChI=1S/C25H33FN4O/c1-27-25(28-16-21-4-2-3-5-24(21)31-18-20-6-7-20)29-23-12-14-30(15-13-23)17-19-8-10-22(26)11-9-19/h2-5,8-11,20,23H,6-7,12-18H2,1H3,(H2,27,28,29). The third-order valence-electron chi connectivity index (χ3n) is 6.06. The van der Waals surface area contributed by atoms with Gasteiger partial charge in [0.05, 0.1) is 6.61 Å². The van der Waals surface area contributed by atoms with Crippen molar-refractivity contribution in [2.75, 3.05) is 26.7 Å². The summed E-state index contributed by atoms with van der Waals surface area (Å²) in [5.74, 6) is 2.35. The average Bonchev–Trinajstić information content (AvgIpc) is 3.63. The third kappa shape index (κ3) is 6.69. The van der Waals surface area contributed by atoms with Crippen molar-refractivity contribution in [3.63, 3.8) is 0 Å². The largest absolute Gasteiger partial charge is 0.493 e. The van der Waals surface area contributed by atoms with Crippen LogP contribution in [0.5, 0.6) is 5.75 Å². The molecule has 0 aromatic heterocycles. The number of hydrogen-bond acceptors (Lipinski definition) is 3. The lowest BCUT2D eigenvalue weighted by molar-refractivity contribution is 0.198. The fourth-order valence-corrected chi connectivity index (χ4v) is 3.93. The van der Waals surface area contributed by atoms with Gasteiger partial charge in [0.1, 0.15) is 11.6 Å². The van der Waals surface area contributed by atoms with Crippen LogP contribution in [0.2, 0.25) is 0 Å². The van der Waals surface area contributed by atoms with Crippen molar-refractivity contribution in [1.29, 1.82) is 0 Å². The highest BCUT2D eigenvalue weighted by molar-refractivity contribution is 5.80. The van der Waals surface area contributed by atoms with Crippen LogP contribution in [-0.2, 0) is 13.1 Å². The summed E-state index contributed by atoms with van der Waals surface area (Å²) in [6, 6.07) is 15.4. The highest BCUT2D eigenvalue weighted by Gasteiger charge is 2.22. The molecule has 0 bridgehead atoms. The lowest BCUT2D eigenvalue weighted by Gasteiger charge is -2.33. The second-order valence-corrected chi connectivity index (χ2v) is 8.61. The molecule has 1 aliphatic heterocycles. The van der Waals surface area contributed by atoms with Crippen LogP contribution >= 0.6 is 0 Å². The fraction of sp³-hybridized carbons (Fsp3) is 0.480. The highest BCUT2D eigenvalue weighted by Crippen LogP contribution is 2.30. The van der Waals surface area contributed by atoms with Gasteiger partial charge >= 0.3 is 0 Å². The molecule has 31 heavy (non-hydrogen) atoms. The van der Waals surface area contributed by atoms with Gasteiger partial charge in [0.15, 0.2) is 5.96 Å². The van der Waals surface area contributed by atoms with Gasteiger partial charge < -0.3 is 15.4 Å². The molecule has 4 rings (SSSR count). The van der Waals surface area contributed by atoms with Gasteiger partial charge in [-0.15, -0.1) is 0 Å². The number of ether oxygens (including phenoxy) is 1. The minimum absolute atomic E-state index is 0.178. The molecule has 2 fully saturated rings. The van der Waals surface area contributed by atoms with Crippen LogP contribution in [0.4, 0.5) is 4.39 Å². The van der Waals surface area contributed by atoms with E-state index < -0.39 is 0 Å². The Morgan fingerprint density at radius 3 is 2.52 bits per heavy atom. The molecule has 166 valence electrons. The molecule has 1 heterocycles. The topological polar surface area (TPSA) is 48.9 Å². The molecule has 0 amide bonds. The second-order valence-electron chi connectivity index (χ2n) is 8.61. The summed E-state index contributed by atoms with van der Waals surface area (Å²) < 4.78 is 19.1. The summed E-state index contributed by atoms with van der Waals surface area (Å²) in [5.41, 5.74) is 2.31. The number of nitrogens with one attached hydrogen (secondary N) is 2. The summed E-state index contributed by atoms with van der Waals surface area (Å²) >= 11 is 0. The van der Waals surface area contributed by atoms with Gasteiger partial charge in [-0.3, -0.25) is 9.89 Å². The van der Waals surface area contributed by atoms with Crippen molar-refractivity contribution >= 4 is 5.96 Å². The first-order chi connectivity index (χ1) is 15.2. The molecule has 1 saturated heterocycles. The van der Waals surface area contributed by atoms with Gasteiger partial charge in [-0.05, 0) is 55.4 Å². The number of nitrogens with zero attached hydrogens (tertiary/aromatic N) is 2. The van der Waals surface area contributed by atoms with Crippen LogP contribution in [0, 0.1) is 11.7 Å². The number of benzene rings is 2. The van der Waals surface area contributed by atoms with Crippen molar-refractivity contribution in [3.05, 3.63) is 65.5 Å². The summed E-state index contributed by atoms with van der Waals surface area (Å²) in [6.45, 7) is 4.41. The Balaban J connectivity index is 1.21. The van der Waals surface area contributed by atoms with E-state index in [-0.39, 0.29) is 5.82 Å². The number of guanidine groups is 1. The van der Waals surface area contributed by atoms with Crippen molar-refractivity contribution in [3.8, 4) is 5.75 Å². The van der Waals surface area contributed by atoms with Crippen LogP contribution in [0.15, 0.2) is 53.5 Å². The number of likely N-dealkylation sites (tertiary alicyclic amines) is 1. The average molecular weight is 425 g/mol. The molecule has 5 nitrogen and oxygen atoms in total. The molecular formula is C25H33FN4O. The lowest BCUT2D eigenvalue weighted by Crippen LogP contribution is -2.48. The molecular weight excluding hydrogens is 391 g/mol. The van der Waals surface area contributed by atoms with Crippen molar-refractivity contribution in [1.82, 2.24) is 15.5 Å². The number of hydrogen-bond donors (Lipinski definition) is 2. The quantitative estimate of drug-likeness (QED) is 0.498. The fourth-order valence-electron chi connectivity index (χ4n) is 3.93. The highest BCUT2D eigenvalue weighted by atomic mass is 19.1. The number of piperidine rings is 1. The Bertz CT molecular complexity index is 858. The second kappa shape index (κ2) is 10.6. The Morgan fingerprint density at radius 2 is 1.81 bits per heavy atom. The summed E-state index contributed by atoms with van der Waals surface area (Å²) in [5, 5.41) is 7.01. The first-order valence-corrected chi connectivity index (χ1v) is 11.3. The number of aliphatic imine (C=N–C) groups is 1. The molecule has 6 heteroatoms. The van der Waals surface area contributed by atoms with E-state index >= 15 is 0 Å². The van der Waals surface area contributed by atoms with Crippen molar-refractivity contribution in [2.45, 2.75) is 44.8 Å². The molecule has 0 radical (unpaired) electrons. The SMILES string of the molecule is CN=C(NCc1ccccc1OCC1CC1)NC1CCN(Cc2ccc(F)cc2)CC1. The predicted molar refractivity (Wildman–Crippen MR) is 123 cm³/mol. The van der Waals surface area contributed by atoms with E-state index in [1.54, 1.807) is 0 Å². The molecule has 2 aromatic rings. The van der Waals surface area contributed by atoms with Gasteiger partial charge in [0, 0.05) is 44.8 Å². The molecule has 2 N–H and O–H groups in total. The first-order valence-electron chi connectivity index (χ1n) is 11.3. The van der Waals surface area contributed by atoms with E-state index in [4.69, 9.17) is 4.74 Å². The summed E-state index contributed by atoms with van der Waals surface area (Å²) in [6.07, 6.45) is 4.70. The molecule has 0 spiro atoms. The maximum absolute atomic E-state index is 13.1. The summed E-state index contributed by atoms with van der Waals surface area (Å²) in [7, 11) is 1.81. The molecule has 2 aromatic carbocycles. The van der Waals surface area contributed by atoms with Crippen LogP contribution in [0.1, 0.15) is 36.8 Å². The smallest absolute Gasteiger partial charge is 0.191 e. The maximum Gasteiger partial charge on any atom is 0.191 e. The Hall–Kier alpha value is -2.60. The normalized spacial score (nSPS) is 18.1. The van der Waals surface area contributed by atoms with E-state index in [0.717, 1.165) is 67.8 Å². The maximum atomic E-state index is 13.1. The molecule has 2 aliphatic rings. The monoisotopic (exact) mass is 424 g/mol. The minimum Gasteiger partial charge on any atom is -0.493 e. The minimum atomic E-state index is -0.178. The van der Waals surface area contributed by atoms with E-state index in [9.17, 15) is 4.39 Å². The van der Waals surface area contributed by atoms with Gasteiger partial charge in [-0.25, -0.2) is 4.39 Å². The van der Waals surface area contributed by atoms with Gasteiger partial charge in [0.25, 0.3) is 0 Å². The van der Waals surface area contributed by atoms with Crippen LogP contribution < -0.4 is 15.4 Å². The zero-order chi connectivity index (χ0) is 21.5. The Labute approximate surface area is 184 Å².